The molecule has 1 aromatic carbocycles. The zero-order chi connectivity index (χ0) is 22.2. The van der Waals surface area contributed by atoms with Crippen molar-refractivity contribution in [3.05, 3.63) is 35.9 Å². The maximum absolute atomic E-state index is 12.8. The molecule has 0 spiro atoms. The van der Waals surface area contributed by atoms with Crippen molar-refractivity contribution in [3.63, 3.8) is 0 Å². The van der Waals surface area contributed by atoms with E-state index < -0.39 is 29.1 Å². The van der Waals surface area contributed by atoms with E-state index in [0.29, 0.717) is 19.3 Å². The Balaban J connectivity index is 2.27. The maximum Gasteiger partial charge on any atom is 0.408 e. The monoisotopic (exact) mass is 413 g/mol. The largest absolute Gasteiger partial charge is 0.465 e. The van der Waals surface area contributed by atoms with E-state index in [9.17, 15) is 14.4 Å². The predicted molar refractivity (Wildman–Crippen MR) is 114 cm³/mol. The number of aryl methyl sites for hydroxylation is 1. The lowest BCUT2D eigenvalue weighted by molar-refractivity contribution is -0.159. The first kappa shape index (κ1) is 23.5. The van der Waals surface area contributed by atoms with Crippen molar-refractivity contribution in [1.82, 2.24) is 5.32 Å². The van der Waals surface area contributed by atoms with Gasteiger partial charge in [-0.1, -0.05) is 36.3 Å². The summed E-state index contributed by atoms with van der Waals surface area (Å²) in [6.07, 6.45) is 1.65. The van der Waals surface area contributed by atoms with Gasteiger partial charge in [0.2, 0.25) is 0 Å². The number of hydrogen-bond acceptors (Lipinski definition) is 5. The Bertz CT molecular complexity index is 815. The van der Waals surface area contributed by atoms with Crippen LogP contribution in [0.1, 0.15) is 58.9 Å². The Hall–Kier alpha value is -2.81. The number of ketones is 1. The highest BCUT2D eigenvalue weighted by molar-refractivity contribution is 6.07. The highest BCUT2D eigenvalue weighted by Gasteiger charge is 2.56. The summed E-state index contributed by atoms with van der Waals surface area (Å²) in [6.45, 7) is 7.07. The molecule has 0 saturated heterocycles. The van der Waals surface area contributed by atoms with Gasteiger partial charge in [0.15, 0.2) is 11.2 Å². The minimum atomic E-state index is -1.49. The molecule has 1 aromatic rings. The SMILES string of the molecule is CCOC(=O)[C@]1([C@H](C#CCCc2ccccc2)NC(=O)OC(C)(C)C)CCCC1=O. The second kappa shape index (κ2) is 10.3. The summed E-state index contributed by atoms with van der Waals surface area (Å²) < 4.78 is 10.6. The average molecular weight is 414 g/mol. The van der Waals surface area contributed by atoms with Crippen molar-refractivity contribution >= 4 is 17.8 Å². The Labute approximate surface area is 178 Å². The van der Waals surface area contributed by atoms with Gasteiger partial charge in [0.05, 0.1) is 6.61 Å². The predicted octanol–water partition coefficient (Wildman–Crippen LogP) is 3.82. The molecule has 2 atom stereocenters. The van der Waals surface area contributed by atoms with Crippen LogP contribution in [-0.2, 0) is 25.5 Å². The summed E-state index contributed by atoms with van der Waals surface area (Å²) in [4.78, 5) is 38.1. The summed E-state index contributed by atoms with van der Waals surface area (Å²) in [5.74, 6) is 5.13. The third-order valence-electron chi connectivity index (χ3n) is 4.89. The van der Waals surface area contributed by atoms with E-state index in [1.807, 2.05) is 30.3 Å². The number of rotatable bonds is 6. The van der Waals surface area contributed by atoms with Crippen molar-refractivity contribution in [2.24, 2.45) is 5.41 Å². The van der Waals surface area contributed by atoms with Gasteiger partial charge < -0.3 is 14.8 Å². The van der Waals surface area contributed by atoms with Crippen LogP contribution in [0.5, 0.6) is 0 Å². The molecule has 30 heavy (non-hydrogen) atoms. The molecule has 1 amide bonds. The van der Waals surface area contributed by atoms with Crippen LogP contribution >= 0.6 is 0 Å². The Morgan fingerprint density at radius 3 is 2.50 bits per heavy atom. The molecular weight excluding hydrogens is 382 g/mol. The number of hydrogen-bond donors (Lipinski definition) is 1. The number of ether oxygens (including phenoxy) is 2. The number of amides is 1. The standard InChI is InChI=1S/C24H31NO5/c1-5-29-21(27)24(17-11-16-20(24)26)19(25-22(28)30-23(2,3)4)15-10-9-14-18-12-7-6-8-13-18/h6-8,12-13,19H,5,9,11,14,16-17H2,1-4H3,(H,25,28)/t19-,24-/m0/s1. The Morgan fingerprint density at radius 2 is 1.93 bits per heavy atom. The molecule has 162 valence electrons. The van der Waals surface area contributed by atoms with Gasteiger partial charge in [-0.2, -0.15) is 0 Å². The van der Waals surface area contributed by atoms with Crippen LogP contribution in [0.3, 0.4) is 0 Å². The van der Waals surface area contributed by atoms with E-state index in [1.165, 1.54) is 0 Å². The van der Waals surface area contributed by atoms with Crippen molar-refractivity contribution in [3.8, 4) is 11.8 Å². The fourth-order valence-electron chi connectivity index (χ4n) is 3.52. The number of nitrogens with one attached hydrogen (secondary N) is 1. The fraction of sp³-hybridized carbons (Fsp3) is 0.542. The van der Waals surface area contributed by atoms with Crippen LogP contribution < -0.4 is 5.32 Å². The molecule has 0 unspecified atom stereocenters. The second-order valence-electron chi connectivity index (χ2n) is 8.35. The van der Waals surface area contributed by atoms with Crippen LogP contribution in [0.2, 0.25) is 0 Å². The molecule has 1 aliphatic carbocycles. The second-order valence-corrected chi connectivity index (χ2v) is 8.35. The van der Waals surface area contributed by atoms with Gasteiger partial charge in [0.1, 0.15) is 11.6 Å². The van der Waals surface area contributed by atoms with Crippen molar-refractivity contribution in [2.45, 2.75) is 71.4 Å². The third-order valence-corrected chi connectivity index (χ3v) is 4.89. The quantitative estimate of drug-likeness (QED) is 0.436. The molecule has 6 heteroatoms. The number of carbonyl (C=O) groups is 3. The molecule has 1 aliphatic rings. The third kappa shape index (κ3) is 6.09. The van der Waals surface area contributed by atoms with Crippen LogP contribution in [-0.4, -0.2) is 36.1 Å². The van der Waals surface area contributed by atoms with Gasteiger partial charge >= 0.3 is 12.1 Å². The first-order valence-corrected chi connectivity index (χ1v) is 10.4. The molecule has 1 saturated carbocycles. The van der Waals surface area contributed by atoms with Gasteiger partial charge in [-0.25, -0.2) is 4.79 Å². The number of carbonyl (C=O) groups excluding carboxylic acids is 3. The van der Waals surface area contributed by atoms with Crippen molar-refractivity contribution < 1.29 is 23.9 Å². The summed E-state index contributed by atoms with van der Waals surface area (Å²) in [5, 5.41) is 2.67. The molecule has 0 radical (unpaired) electrons. The van der Waals surface area contributed by atoms with Crippen LogP contribution in [0.4, 0.5) is 4.79 Å². The average Bonchev–Trinajstić information content (AvgIpc) is 3.06. The lowest BCUT2D eigenvalue weighted by Gasteiger charge is -2.31. The maximum atomic E-state index is 12.8. The van der Waals surface area contributed by atoms with Crippen LogP contribution in [0.15, 0.2) is 30.3 Å². The number of benzene rings is 1. The number of alkyl carbamates (subject to hydrolysis) is 1. The fourth-order valence-corrected chi connectivity index (χ4v) is 3.52. The van der Waals surface area contributed by atoms with Crippen LogP contribution in [0.25, 0.3) is 0 Å². The molecule has 6 nitrogen and oxygen atoms in total. The zero-order valence-electron chi connectivity index (χ0n) is 18.2. The van der Waals surface area contributed by atoms with Crippen LogP contribution in [0, 0.1) is 17.3 Å². The molecule has 1 N–H and O–H groups in total. The van der Waals surface area contributed by atoms with E-state index in [-0.39, 0.29) is 18.8 Å². The van der Waals surface area contributed by atoms with E-state index in [0.717, 1.165) is 12.0 Å². The molecule has 2 rings (SSSR count). The zero-order valence-corrected chi connectivity index (χ0v) is 18.2. The molecule has 0 heterocycles. The van der Waals surface area contributed by atoms with Gasteiger partial charge in [0, 0.05) is 12.8 Å². The van der Waals surface area contributed by atoms with Crippen molar-refractivity contribution in [1.29, 1.82) is 0 Å². The minimum absolute atomic E-state index is 0.147. The first-order valence-electron chi connectivity index (χ1n) is 10.4. The van der Waals surface area contributed by atoms with E-state index in [1.54, 1.807) is 27.7 Å². The topological polar surface area (TPSA) is 81.7 Å². The molecule has 0 aromatic heterocycles. The van der Waals surface area contributed by atoms with E-state index in [4.69, 9.17) is 9.47 Å². The number of esters is 1. The van der Waals surface area contributed by atoms with Gasteiger partial charge in [-0.15, -0.1) is 5.92 Å². The van der Waals surface area contributed by atoms with Gasteiger partial charge in [-0.05, 0) is 52.5 Å². The summed E-state index contributed by atoms with van der Waals surface area (Å²) in [6, 6.07) is 8.89. The normalized spacial score (nSPS) is 19.4. The molecule has 0 bridgehead atoms. The summed E-state index contributed by atoms with van der Waals surface area (Å²) >= 11 is 0. The van der Waals surface area contributed by atoms with Gasteiger partial charge in [0.25, 0.3) is 0 Å². The van der Waals surface area contributed by atoms with E-state index in [2.05, 4.69) is 17.2 Å². The highest BCUT2D eigenvalue weighted by atomic mass is 16.6. The Kier molecular flexibility index (Phi) is 8.05. The Morgan fingerprint density at radius 1 is 1.23 bits per heavy atom. The van der Waals surface area contributed by atoms with Crippen molar-refractivity contribution in [2.75, 3.05) is 6.61 Å². The summed E-state index contributed by atoms with van der Waals surface area (Å²) in [7, 11) is 0. The first-order chi connectivity index (χ1) is 14.2. The summed E-state index contributed by atoms with van der Waals surface area (Å²) in [5.41, 5.74) is -1.07. The minimum Gasteiger partial charge on any atom is -0.465 e. The smallest absolute Gasteiger partial charge is 0.408 e. The molecule has 0 aliphatic heterocycles. The lowest BCUT2D eigenvalue weighted by atomic mass is 9.77. The highest BCUT2D eigenvalue weighted by Crippen LogP contribution is 2.39. The number of Topliss-reactive ketones (excluding diaryl/α,β-unsaturated/α-hetero) is 1. The molecule has 1 fully saturated rings. The lowest BCUT2D eigenvalue weighted by Crippen LogP contribution is -2.55. The molecular formula is C24H31NO5. The van der Waals surface area contributed by atoms with Gasteiger partial charge in [-0.3, -0.25) is 9.59 Å². The van der Waals surface area contributed by atoms with E-state index >= 15 is 0 Å².